The largest absolute Gasteiger partial charge is 0.294 e. The summed E-state index contributed by atoms with van der Waals surface area (Å²) in [5.41, 5.74) is 0. The Morgan fingerprint density at radius 1 is 1.82 bits per heavy atom. The molecule has 0 unspecified atom stereocenters. The van der Waals surface area contributed by atoms with Gasteiger partial charge in [0.2, 0.25) is 0 Å². The van der Waals surface area contributed by atoms with Crippen molar-refractivity contribution >= 4 is 33.0 Å². The Hall–Kier alpha value is -0.410. The average Bonchev–Trinajstić information content (AvgIpc) is 2.37. The van der Waals surface area contributed by atoms with Gasteiger partial charge >= 0.3 is 0 Å². The topological polar surface area (TPSA) is 17.1 Å². The summed E-state index contributed by atoms with van der Waals surface area (Å²) in [7, 11) is 0. The Kier molecular flexibility index (Phi) is 3.02. The molecule has 0 aliphatic heterocycles. The van der Waals surface area contributed by atoms with Crippen molar-refractivity contribution in [2.75, 3.05) is 0 Å². The molecule has 1 aromatic heterocycles. The van der Waals surface area contributed by atoms with Gasteiger partial charge < -0.3 is 0 Å². The van der Waals surface area contributed by atoms with Gasteiger partial charge in [-0.1, -0.05) is 6.58 Å². The lowest BCUT2D eigenvalue weighted by Crippen LogP contribution is -1.95. The summed E-state index contributed by atoms with van der Waals surface area (Å²) >= 11 is 4.93. The van der Waals surface area contributed by atoms with Crippen LogP contribution in [0.3, 0.4) is 0 Å². The summed E-state index contributed by atoms with van der Waals surface area (Å²) in [6.45, 7) is 3.41. The molecule has 3 heteroatoms. The third-order valence-corrected chi connectivity index (χ3v) is 3.18. The minimum absolute atomic E-state index is 0.0631. The molecule has 58 valence electrons. The highest BCUT2D eigenvalue weighted by molar-refractivity contribution is 9.10. The normalized spacial score (nSPS) is 9.55. The van der Waals surface area contributed by atoms with Gasteiger partial charge in [-0.25, -0.2) is 0 Å². The van der Waals surface area contributed by atoms with Crippen LogP contribution in [0, 0.1) is 0 Å². The van der Waals surface area contributed by atoms with E-state index < -0.39 is 0 Å². The number of rotatable bonds is 3. The Bertz CT molecular complexity index is 277. The zero-order valence-electron chi connectivity index (χ0n) is 5.84. The monoisotopic (exact) mass is 230 g/mol. The first kappa shape index (κ1) is 8.68. The SMILES string of the molecule is C=CC(=O)Cc1sccc1Br. The Morgan fingerprint density at radius 3 is 3.00 bits per heavy atom. The molecule has 0 saturated carbocycles. The van der Waals surface area contributed by atoms with E-state index in [9.17, 15) is 4.79 Å². The minimum Gasteiger partial charge on any atom is -0.294 e. The average molecular weight is 231 g/mol. The fourth-order valence-corrected chi connectivity index (χ4v) is 2.18. The summed E-state index contributed by atoms with van der Waals surface area (Å²) in [5.74, 6) is 0.0631. The number of hydrogen-bond acceptors (Lipinski definition) is 2. The second-order valence-electron chi connectivity index (χ2n) is 2.04. The van der Waals surface area contributed by atoms with Crippen LogP contribution in [0.25, 0.3) is 0 Å². The van der Waals surface area contributed by atoms with Crippen LogP contribution >= 0.6 is 27.3 Å². The van der Waals surface area contributed by atoms with Crippen LogP contribution in [-0.4, -0.2) is 5.78 Å². The van der Waals surface area contributed by atoms with Gasteiger partial charge in [-0.05, 0) is 33.5 Å². The molecule has 1 heterocycles. The van der Waals surface area contributed by atoms with Gasteiger partial charge in [0.25, 0.3) is 0 Å². The van der Waals surface area contributed by atoms with Gasteiger partial charge in [0.15, 0.2) is 5.78 Å². The summed E-state index contributed by atoms with van der Waals surface area (Å²) < 4.78 is 1.01. The fourth-order valence-electron chi connectivity index (χ4n) is 0.682. The molecule has 0 saturated heterocycles. The van der Waals surface area contributed by atoms with Crippen molar-refractivity contribution in [3.8, 4) is 0 Å². The van der Waals surface area contributed by atoms with Gasteiger partial charge in [-0.3, -0.25) is 4.79 Å². The summed E-state index contributed by atoms with van der Waals surface area (Å²) in [5, 5.41) is 1.95. The Morgan fingerprint density at radius 2 is 2.55 bits per heavy atom. The van der Waals surface area contributed by atoms with E-state index in [1.54, 1.807) is 11.3 Å². The van der Waals surface area contributed by atoms with Crippen LogP contribution in [0.1, 0.15) is 4.88 Å². The number of carbonyl (C=O) groups is 1. The molecule has 0 radical (unpaired) electrons. The van der Waals surface area contributed by atoms with Crippen molar-refractivity contribution < 1.29 is 4.79 Å². The molecule has 0 aliphatic rings. The summed E-state index contributed by atoms with van der Waals surface area (Å²) in [6, 6.07) is 1.94. The quantitative estimate of drug-likeness (QED) is 0.731. The molecule has 0 aromatic carbocycles. The highest BCUT2D eigenvalue weighted by Gasteiger charge is 2.03. The summed E-state index contributed by atoms with van der Waals surface area (Å²) in [4.78, 5) is 12.0. The number of allylic oxidation sites excluding steroid dienone is 1. The van der Waals surface area contributed by atoms with Crippen LogP contribution in [0.5, 0.6) is 0 Å². The van der Waals surface area contributed by atoms with Gasteiger partial charge in [-0.15, -0.1) is 11.3 Å². The molecule has 0 fully saturated rings. The third-order valence-electron chi connectivity index (χ3n) is 1.25. The lowest BCUT2D eigenvalue weighted by Gasteiger charge is -1.91. The zero-order valence-corrected chi connectivity index (χ0v) is 8.24. The molecule has 0 aliphatic carbocycles. The van der Waals surface area contributed by atoms with Crippen molar-refractivity contribution in [1.82, 2.24) is 0 Å². The van der Waals surface area contributed by atoms with Gasteiger partial charge in [0, 0.05) is 15.8 Å². The van der Waals surface area contributed by atoms with E-state index in [0.29, 0.717) is 6.42 Å². The lowest BCUT2D eigenvalue weighted by molar-refractivity contribution is -0.113. The highest BCUT2D eigenvalue weighted by Crippen LogP contribution is 2.23. The molecule has 0 N–H and O–H groups in total. The van der Waals surface area contributed by atoms with E-state index in [1.807, 2.05) is 11.4 Å². The fraction of sp³-hybridized carbons (Fsp3) is 0.125. The number of carbonyl (C=O) groups excluding carboxylic acids is 1. The second kappa shape index (κ2) is 3.83. The molecule has 11 heavy (non-hydrogen) atoms. The molecule has 0 atom stereocenters. The highest BCUT2D eigenvalue weighted by atomic mass is 79.9. The molecular formula is C8H7BrOS. The molecular weight excluding hydrogens is 224 g/mol. The van der Waals surface area contributed by atoms with Crippen molar-refractivity contribution in [2.45, 2.75) is 6.42 Å². The van der Waals surface area contributed by atoms with E-state index >= 15 is 0 Å². The van der Waals surface area contributed by atoms with Crippen LogP contribution < -0.4 is 0 Å². The maximum Gasteiger partial charge on any atom is 0.160 e. The second-order valence-corrected chi connectivity index (χ2v) is 3.89. The first-order valence-electron chi connectivity index (χ1n) is 3.11. The predicted molar refractivity (Wildman–Crippen MR) is 50.9 cm³/mol. The maximum absolute atomic E-state index is 10.9. The van der Waals surface area contributed by atoms with Crippen LogP contribution in [0.15, 0.2) is 28.6 Å². The van der Waals surface area contributed by atoms with E-state index in [1.165, 1.54) is 6.08 Å². The molecule has 0 amide bonds. The standard InChI is InChI=1S/C8H7BrOS/c1-2-6(10)5-8-7(9)3-4-11-8/h2-4H,1,5H2. The van der Waals surface area contributed by atoms with Crippen LogP contribution in [-0.2, 0) is 11.2 Å². The number of hydrogen-bond donors (Lipinski definition) is 0. The van der Waals surface area contributed by atoms with E-state index in [0.717, 1.165) is 9.35 Å². The first-order valence-corrected chi connectivity index (χ1v) is 4.78. The number of thiophene rings is 1. The molecule has 0 spiro atoms. The van der Waals surface area contributed by atoms with Crippen molar-refractivity contribution in [3.05, 3.63) is 33.5 Å². The van der Waals surface area contributed by atoms with Gasteiger partial charge in [-0.2, -0.15) is 0 Å². The molecule has 1 aromatic rings. The van der Waals surface area contributed by atoms with Crippen LogP contribution in [0.2, 0.25) is 0 Å². The number of ketones is 1. The van der Waals surface area contributed by atoms with Crippen molar-refractivity contribution in [3.63, 3.8) is 0 Å². The van der Waals surface area contributed by atoms with Crippen molar-refractivity contribution in [2.24, 2.45) is 0 Å². The van der Waals surface area contributed by atoms with Gasteiger partial charge in [0.05, 0.1) is 0 Å². The van der Waals surface area contributed by atoms with E-state index in [-0.39, 0.29) is 5.78 Å². The lowest BCUT2D eigenvalue weighted by atomic mass is 10.2. The third kappa shape index (κ3) is 2.27. The maximum atomic E-state index is 10.9. The Balaban J connectivity index is 2.71. The van der Waals surface area contributed by atoms with E-state index in [2.05, 4.69) is 22.5 Å². The Labute approximate surface area is 77.9 Å². The molecule has 0 bridgehead atoms. The predicted octanol–water partition coefficient (Wildman–Crippen LogP) is 2.81. The zero-order chi connectivity index (χ0) is 8.27. The molecule has 1 rings (SSSR count). The van der Waals surface area contributed by atoms with Crippen molar-refractivity contribution in [1.29, 1.82) is 0 Å². The van der Waals surface area contributed by atoms with Gasteiger partial charge in [0.1, 0.15) is 0 Å². The summed E-state index contributed by atoms with van der Waals surface area (Å²) in [6.07, 6.45) is 1.81. The number of halogens is 1. The van der Waals surface area contributed by atoms with Crippen LogP contribution in [0.4, 0.5) is 0 Å². The smallest absolute Gasteiger partial charge is 0.160 e. The molecule has 1 nitrogen and oxygen atoms in total. The minimum atomic E-state index is 0.0631. The first-order chi connectivity index (χ1) is 5.24. The van der Waals surface area contributed by atoms with E-state index in [4.69, 9.17) is 0 Å².